The van der Waals surface area contributed by atoms with Gasteiger partial charge in [0.1, 0.15) is 7.85 Å². The molecule has 2 heterocycles. The third-order valence-corrected chi connectivity index (χ3v) is 4.78. The Kier molecular flexibility index (Phi) is 4.26. The van der Waals surface area contributed by atoms with Gasteiger partial charge in [0.05, 0.1) is 4.91 Å². The normalized spacial score (nSPS) is 24.0. The van der Waals surface area contributed by atoms with E-state index in [0.29, 0.717) is 4.91 Å². The lowest BCUT2D eigenvalue weighted by Crippen LogP contribution is -2.44. The monoisotopic (exact) mass is 315 g/mol. The van der Waals surface area contributed by atoms with Crippen molar-refractivity contribution in [3.63, 3.8) is 0 Å². The van der Waals surface area contributed by atoms with E-state index >= 15 is 0 Å². The Hall–Kier alpha value is -1.73. The van der Waals surface area contributed by atoms with Gasteiger partial charge in [-0.25, -0.2) is 0 Å². The molecule has 2 aliphatic heterocycles. The van der Waals surface area contributed by atoms with Gasteiger partial charge in [-0.1, -0.05) is 23.7 Å². The van der Waals surface area contributed by atoms with E-state index in [9.17, 15) is 9.59 Å². The summed E-state index contributed by atoms with van der Waals surface area (Å²) >= 11 is 0.949. The fourth-order valence-corrected chi connectivity index (χ4v) is 3.68. The van der Waals surface area contributed by atoms with Crippen LogP contribution in [0.5, 0.6) is 0 Å². The average Bonchev–Trinajstić information content (AvgIpc) is 2.77. The quantitative estimate of drug-likeness (QED) is 0.602. The van der Waals surface area contributed by atoms with Crippen LogP contribution in [0.3, 0.4) is 0 Å². The van der Waals surface area contributed by atoms with E-state index in [-0.39, 0.29) is 17.2 Å². The van der Waals surface area contributed by atoms with Crippen molar-refractivity contribution in [2.75, 3.05) is 18.0 Å². The number of benzene rings is 1. The van der Waals surface area contributed by atoms with Gasteiger partial charge in [0, 0.05) is 24.8 Å². The van der Waals surface area contributed by atoms with Gasteiger partial charge in [0.2, 0.25) is 0 Å². The molecule has 1 atom stereocenters. The number of piperidine rings is 1. The van der Waals surface area contributed by atoms with Crippen molar-refractivity contribution in [1.29, 1.82) is 0 Å². The predicted molar refractivity (Wildman–Crippen MR) is 93.1 cm³/mol. The standard InChI is InChI=1S/C15H18BN3O2S/c16-11-5-1-3-9(7-12-14(20)18-15(21)22-12)13(11)19-6-2-4-10(17)8-19/h1,3,5,7,10H,2,4,6,8,16-17H2,(H,18,20,21)/b12-7-/t10-/m1/s1. The molecular formula is C15H18BN3O2S. The van der Waals surface area contributed by atoms with E-state index in [0.717, 1.165) is 54.4 Å². The van der Waals surface area contributed by atoms with E-state index in [4.69, 9.17) is 5.73 Å². The lowest BCUT2D eigenvalue weighted by atomic mass is 9.89. The van der Waals surface area contributed by atoms with Crippen molar-refractivity contribution < 1.29 is 9.59 Å². The third kappa shape index (κ3) is 3.05. The zero-order valence-corrected chi connectivity index (χ0v) is 13.3. The summed E-state index contributed by atoms with van der Waals surface area (Å²) in [6, 6.07) is 6.19. The summed E-state index contributed by atoms with van der Waals surface area (Å²) in [5, 5.41) is 1.98. The van der Waals surface area contributed by atoms with E-state index in [1.165, 1.54) is 0 Å². The van der Waals surface area contributed by atoms with E-state index in [1.54, 1.807) is 6.08 Å². The number of rotatable bonds is 2. The maximum Gasteiger partial charge on any atom is 0.290 e. The van der Waals surface area contributed by atoms with E-state index < -0.39 is 0 Å². The second-order valence-corrected chi connectivity index (χ2v) is 6.73. The highest BCUT2D eigenvalue weighted by atomic mass is 32.2. The molecule has 5 nitrogen and oxygen atoms in total. The van der Waals surface area contributed by atoms with Crippen LogP contribution in [0.4, 0.5) is 10.5 Å². The van der Waals surface area contributed by atoms with Crippen molar-refractivity contribution in [2.45, 2.75) is 18.9 Å². The molecule has 2 amide bonds. The van der Waals surface area contributed by atoms with Gasteiger partial charge in [-0.05, 0) is 36.2 Å². The Bertz CT molecular complexity index is 662. The molecule has 0 aliphatic carbocycles. The SMILES string of the molecule is Bc1cccc(/C=C2\SC(=O)NC2=O)c1N1CCC[C@@H](N)C1. The van der Waals surface area contributed by atoms with Crippen molar-refractivity contribution in [1.82, 2.24) is 5.32 Å². The molecule has 1 aromatic rings. The Morgan fingerprint density at radius 3 is 2.91 bits per heavy atom. The van der Waals surface area contributed by atoms with Gasteiger partial charge in [0.25, 0.3) is 11.1 Å². The highest BCUT2D eigenvalue weighted by Crippen LogP contribution is 2.29. The molecule has 0 aromatic heterocycles. The van der Waals surface area contributed by atoms with Gasteiger partial charge < -0.3 is 10.6 Å². The summed E-state index contributed by atoms with van der Waals surface area (Å²) in [5.41, 5.74) is 9.32. The second kappa shape index (κ2) is 6.18. The van der Waals surface area contributed by atoms with Gasteiger partial charge in [0.15, 0.2) is 0 Å². The molecule has 0 spiro atoms. The number of amides is 2. The summed E-state index contributed by atoms with van der Waals surface area (Å²) < 4.78 is 0. The van der Waals surface area contributed by atoms with Crippen LogP contribution in [0.2, 0.25) is 0 Å². The molecule has 3 rings (SSSR count). The van der Waals surface area contributed by atoms with Crippen LogP contribution in [-0.4, -0.2) is 38.1 Å². The molecule has 0 radical (unpaired) electrons. The minimum absolute atomic E-state index is 0.180. The van der Waals surface area contributed by atoms with Crippen LogP contribution in [0, 0.1) is 0 Å². The van der Waals surface area contributed by atoms with Gasteiger partial charge in [-0.2, -0.15) is 0 Å². The minimum Gasteiger partial charge on any atom is -0.370 e. The molecule has 114 valence electrons. The number of thioether (sulfide) groups is 1. The van der Waals surface area contributed by atoms with Crippen molar-refractivity contribution in [3.8, 4) is 0 Å². The molecule has 0 unspecified atom stereocenters. The van der Waals surface area contributed by atoms with Gasteiger partial charge in [-0.3, -0.25) is 14.9 Å². The number of nitrogens with two attached hydrogens (primary N) is 1. The molecule has 2 saturated heterocycles. The summed E-state index contributed by atoms with van der Waals surface area (Å²) in [6.07, 6.45) is 3.91. The fourth-order valence-electron chi connectivity index (χ4n) is 3.01. The molecule has 22 heavy (non-hydrogen) atoms. The van der Waals surface area contributed by atoms with Crippen molar-refractivity contribution >= 4 is 48.0 Å². The fraction of sp³-hybridized carbons (Fsp3) is 0.333. The molecular weight excluding hydrogens is 297 g/mol. The first-order valence-corrected chi connectivity index (χ1v) is 8.21. The lowest BCUT2D eigenvalue weighted by Gasteiger charge is -2.35. The maximum absolute atomic E-state index is 11.8. The number of carbonyl (C=O) groups excluding carboxylic acids is 2. The molecule has 7 heteroatoms. The Balaban J connectivity index is 1.98. The number of nitrogens with zero attached hydrogens (tertiary/aromatic N) is 1. The first-order valence-electron chi connectivity index (χ1n) is 7.39. The minimum atomic E-state index is -0.321. The van der Waals surface area contributed by atoms with Crippen molar-refractivity contribution in [3.05, 3.63) is 28.7 Å². The highest BCUT2D eigenvalue weighted by molar-refractivity contribution is 8.18. The number of hydrogen-bond acceptors (Lipinski definition) is 5. The number of carbonyl (C=O) groups is 2. The summed E-state index contributed by atoms with van der Waals surface area (Å²) in [4.78, 5) is 25.8. The lowest BCUT2D eigenvalue weighted by molar-refractivity contribution is -0.115. The van der Waals surface area contributed by atoms with Crippen LogP contribution in [0.1, 0.15) is 18.4 Å². The molecule has 2 fully saturated rings. The van der Waals surface area contributed by atoms with Crippen LogP contribution in [0.15, 0.2) is 23.1 Å². The van der Waals surface area contributed by atoms with Crippen LogP contribution in [-0.2, 0) is 4.79 Å². The molecule has 2 aliphatic rings. The molecule has 1 aromatic carbocycles. The van der Waals surface area contributed by atoms with Crippen molar-refractivity contribution in [2.24, 2.45) is 5.73 Å². The molecule has 3 N–H and O–H groups in total. The summed E-state index contributed by atoms with van der Waals surface area (Å²) in [7, 11) is 2.06. The Morgan fingerprint density at radius 1 is 1.41 bits per heavy atom. The molecule has 0 bridgehead atoms. The highest BCUT2D eigenvalue weighted by Gasteiger charge is 2.26. The smallest absolute Gasteiger partial charge is 0.290 e. The first kappa shape index (κ1) is 15.2. The largest absolute Gasteiger partial charge is 0.370 e. The summed E-state index contributed by atoms with van der Waals surface area (Å²) in [6.45, 7) is 1.78. The van der Waals surface area contributed by atoms with E-state index in [2.05, 4.69) is 24.1 Å². The first-order chi connectivity index (χ1) is 10.5. The van der Waals surface area contributed by atoms with Gasteiger partial charge in [-0.15, -0.1) is 0 Å². The number of imide groups is 1. The molecule has 0 saturated carbocycles. The second-order valence-electron chi connectivity index (χ2n) is 5.71. The van der Waals surface area contributed by atoms with Crippen LogP contribution in [0.25, 0.3) is 6.08 Å². The maximum atomic E-state index is 11.8. The number of nitrogens with one attached hydrogen (secondary N) is 1. The van der Waals surface area contributed by atoms with Gasteiger partial charge >= 0.3 is 0 Å². The zero-order chi connectivity index (χ0) is 15.7. The number of hydrogen-bond donors (Lipinski definition) is 2. The number of anilines is 1. The third-order valence-electron chi connectivity index (χ3n) is 3.97. The van der Waals surface area contributed by atoms with E-state index in [1.807, 2.05) is 12.1 Å². The van der Waals surface area contributed by atoms with Crippen LogP contribution < -0.4 is 21.4 Å². The average molecular weight is 315 g/mol. The zero-order valence-electron chi connectivity index (χ0n) is 12.5. The summed E-state index contributed by atoms with van der Waals surface area (Å²) in [5.74, 6) is -0.321. The predicted octanol–water partition coefficient (Wildman–Crippen LogP) is 0.196. The number of para-hydroxylation sites is 1. The Morgan fingerprint density at radius 2 is 2.23 bits per heavy atom. The Labute approximate surface area is 134 Å². The van der Waals surface area contributed by atoms with Crippen LogP contribution >= 0.6 is 11.8 Å². The topological polar surface area (TPSA) is 75.4 Å².